The Morgan fingerprint density at radius 1 is 1.21 bits per heavy atom. The van der Waals surface area contributed by atoms with E-state index in [1.54, 1.807) is 0 Å². The summed E-state index contributed by atoms with van der Waals surface area (Å²) in [6.07, 6.45) is 1.92. The Bertz CT molecular complexity index is 842. The predicted molar refractivity (Wildman–Crippen MR) is 92.4 cm³/mol. The van der Waals surface area contributed by atoms with Crippen LogP contribution in [-0.2, 0) is 11.3 Å². The Morgan fingerprint density at radius 2 is 2.08 bits per heavy atom. The second-order valence-electron chi connectivity index (χ2n) is 5.86. The molecular weight excluding hydrogens is 302 g/mol. The number of pyridine rings is 1. The molecule has 0 aliphatic heterocycles. The van der Waals surface area contributed by atoms with Gasteiger partial charge in [0.05, 0.1) is 12.6 Å². The van der Waals surface area contributed by atoms with E-state index in [2.05, 4.69) is 26.9 Å². The monoisotopic (exact) mass is 323 g/mol. The molecule has 0 spiro atoms. The van der Waals surface area contributed by atoms with Crippen LogP contribution in [0.1, 0.15) is 29.9 Å². The summed E-state index contributed by atoms with van der Waals surface area (Å²) in [5.74, 6) is 0.745. The largest absolute Gasteiger partial charge is 0.351 e. The number of rotatable bonds is 6. The Hall–Kier alpha value is -2.73. The number of amides is 1. The van der Waals surface area contributed by atoms with E-state index >= 15 is 0 Å². The average molecular weight is 323 g/mol. The van der Waals surface area contributed by atoms with Gasteiger partial charge < -0.3 is 5.32 Å². The summed E-state index contributed by atoms with van der Waals surface area (Å²) in [5.41, 5.74) is 3.08. The van der Waals surface area contributed by atoms with Gasteiger partial charge in [-0.25, -0.2) is 0 Å². The van der Waals surface area contributed by atoms with Crippen LogP contribution in [0.2, 0.25) is 0 Å². The molecule has 0 aliphatic rings. The third-order valence-corrected chi connectivity index (χ3v) is 3.87. The van der Waals surface area contributed by atoms with Gasteiger partial charge in [-0.05, 0) is 31.5 Å². The summed E-state index contributed by atoms with van der Waals surface area (Å²) >= 11 is 0. The zero-order valence-corrected chi connectivity index (χ0v) is 13.9. The second-order valence-corrected chi connectivity index (χ2v) is 5.86. The highest BCUT2D eigenvalue weighted by Crippen LogP contribution is 2.11. The van der Waals surface area contributed by atoms with E-state index in [4.69, 9.17) is 0 Å². The molecule has 2 N–H and O–H groups in total. The van der Waals surface area contributed by atoms with E-state index in [0.717, 1.165) is 17.0 Å². The van der Waals surface area contributed by atoms with Gasteiger partial charge in [-0.1, -0.05) is 35.9 Å². The van der Waals surface area contributed by atoms with E-state index in [-0.39, 0.29) is 18.5 Å². The van der Waals surface area contributed by atoms with Crippen molar-refractivity contribution in [3.05, 3.63) is 65.6 Å². The molecule has 1 amide bonds. The molecule has 6 nitrogen and oxygen atoms in total. The van der Waals surface area contributed by atoms with Crippen LogP contribution in [0, 0.1) is 6.92 Å². The fourth-order valence-corrected chi connectivity index (χ4v) is 2.58. The molecule has 0 bridgehead atoms. The molecule has 0 aliphatic carbocycles. The standard InChI is InChI=1S/C18H21N5O/c1-13-6-5-7-15(10-13)11-20-17(24)12-19-14(2)18-22-21-16-8-3-4-9-23(16)18/h3-10,14,19H,11-12H2,1-2H3,(H,20,24). The van der Waals surface area contributed by atoms with Crippen molar-refractivity contribution in [1.82, 2.24) is 25.2 Å². The molecule has 3 aromatic rings. The van der Waals surface area contributed by atoms with Gasteiger partial charge in [0.25, 0.3) is 0 Å². The molecule has 0 fully saturated rings. The van der Waals surface area contributed by atoms with Gasteiger partial charge >= 0.3 is 0 Å². The molecule has 3 rings (SSSR count). The van der Waals surface area contributed by atoms with Crippen molar-refractivity contribution in [3.8, 4) is 0 Å². The highest BCUT2D eigenvalue weighted by Gasteiger charge is 2.13. The Morgan fingerprint density at radius 3 is 2.92 bits per heavy atom. The van der Waals surface area contributed by atoms with E-state index in [0.29, 0.717) is 6.54 Å². The minimum absolute atomic E-state index is 0.0443. The fraction of sp³-hybridized carbons (Fsp3) is 0.278. The molecule has 1 atom stereocenters. The van der Waals surface area contributed by atoms with Gasteiger partial charge in [0.2, 0.25) is 5.91 Å². The maximum absolute atomic E-state index is 12.0. The lowest BCUT2D eigenvalue weighted by Gasteiger charge is -2.12. The minimum atomic E-state index is -0.0767. The van der Waals surface area contributed by atoms with E-state index in [9.17, 15) is 4.79 Å². The van der Waals surface area contributed by atoms with Crippen molar-refractivity contribution in [2.24, 2.45) is 0 Å². The topological polar surface area (TPSA) is 71.3 Å². The van der Waals surface area contributed by atoms with Gasteiger partial charge in [0.15, 0.2) is 11.5 Å². The first-order valence-electron chi connectivity index (χ1n) is 7.99. The van der Waals surface area contributed by atoms with Crippen LogP contribution in [0.4, 0.5) is 0 Å². The van der Waals surface area contributed by atoms with Crippen LogP contribution in [0.15, 0.2) is 48.7 Å². The summed E-state index contributed by atoms with van der Waals surface area (Å²) in [7, 11) is 0. The van der Waals surface area contributed by atoms with Crippen molar-refractivity contribution < 1.29 is 4.79 Å². The van der Waals surface area contributed by atoms with Crippen LogP contribution < -0.4 is 10.6 Å². The fourth-order valence-electron chi connectivity index (χ4n) is 2.58. The summed E-state index contributed by atoms with van der Waals surface area (Å²) < 4.78 is 1.92. The lowest BCUT2D eigenvalue weighted by Crippen LogP contribution is -2.35. The van der Waals surface area contributed by atoms with Crippen molar-refractivity contribution in [1.29, 1.82) is 0 Å². The van der Waals surface area contributed by atoms with E-state index in [1.165, 1.54) is 5.56 Å². The molecule has 0 saturated carbocycles. The minimum Gasteiger partial charge on any atom is -0.351 e. The smallest absolute Gasteiger partial charge is 0.234 e. The van der Waals surface area contributed by atoms with Crippen LogP contribution in [0.25, 0.3) is 5.65 Å². The van der Waals surface area contributed by atoms with Gasteiger partial charge in [-0.3, -0.25) is 14.5 Å². The maximum Gasteiger partial charge on any atom is 0.234 e. The lowest BCUT2D eigenvalue weighted by atomic mass is 10.1. The SMILES string of the molecule is Cc1cccc(CNC(=O)CNC(C)c2nnc3ccccn23)c1. The van der Waals surface area contributed by atoms with Crippen molar-refractivity contribution >= 4 is 11.6 Å². The summed E-state index contributed by atoms with van der Waals surface area (Å²) in [6, 6.07) is 13.8. The molecule has 1 unspecified atom stereocenters. The molecule has 2 aromatic heterocycles. The number of carbonyl (C=O) groups is 1. The third-order valence-electron chi connectivity index (χ3n) is 3.87. The summed E-state index contributed by atoms with van der Waals surface area (Å²) in [4.78, 5) is 12.0. The maximum atomic E-state index is 12.0. The summed E-state index contributed by atoms with van der Waals surface area (Å²) in [6.45, 7) is 4.77. The number of nitrogens with one attached hydrogen (secondary N) is 2. The average Bonchev–Trinajstić information content (AvgIpc) is 3.02. The van der Waals surface area contributed by atoms with Crippen LogP contribution in [0.5, 0.6) is 0 Å². The number of aromatic nitrogens is 3. The zero-order chi connectivity index (χ0) is 16.9. The van der Waals surface area contributed by atoms with Crippen LogP contribution in [-0.4, -0.2) is 27.0 Å². The first kappa shape index (κ1) is 16.1. The van der Waals surface area contributed by atoms with Gasteiger partial charge in [0.1, 0.15) is 0 Å². The van der Waals surface area contributed by atoms with Gasteiger partial charge in [-0.15, -0.1) is 10.2 Å². The number of benzene rings is 1. The van der Waals surface area contributed by atoms with Gasteiger partial charge in [0, 0.05) is 12.7 Å². The molecule has 124 valence electrons. The quantitative estimate of drug-likeness (QED) is 0.728. The Balaban J connectivity index is 1.52. The number of nitrogens with zero attached hydrogens (tertiary/aromatic N) is 3. The highest BCUT2D eigenvalue weighted by atomic mass is 16.1. The van der Waals surface area contributed by atoms with Crippen molar-refractivity contribution in [3.63, 3.8) is 0 Å². The molecular formula is C18H21N5O. The zero-order valence-electron chi connectivity index (χ0n) is 13.9. The molecule has 1 aromatic carbocycles. The lowest BCUT2D eigenvalue weighted by molar-refractivity contribution is -0.120. The first-order valence-corrected chi connectivity index (χ1v) is 7.99. The van der Waals surface area contributed by atoms with E-state index < -0.39 is 0 Å². The Labute approximate surface area is 140 Å². The number of aryl methyl sites for hydroxylation is 1. The Kier molecular flexibility index (Phi) is 4.86. The molecule has 24 heavy (non-hydrogen) atoms. The molecule has 6 heteroatoms. The highest BCUT2D eigenvalue weighted by molar-refractivity contribution is 5.78. The normalized spacial score (nSPS) is 12.2. The number of hydrogen-bond acceptors (Lipinski definition) is 4. The van der Waals surface area contributed by atoms with E-state index in [1.807, 2.05) is 60.8 Å². The second kappa shape index (κ2) is 7.23. The summed E-state index contributed by atoms with van der Waals surface area (Å²) in [5, 5.41) is 14.4. The number of carbonyl (C=O) groups excluding carboxylic acids is 1. The van der Waals surface area contributed by atoms with Gasteiger partial charge in [-0.2, -0.15) is 0 Å². The third kappa shape index (κ3) is 3.78. The number of hydrogen-bond donors (Lipinski definition) is 2. The van der Waals surface area contributed by atoms with Crippen molar-refractivity contribution in [2.45, 2.75) is 26.4 Å². The molecule has 0 saturated heterocycles. The first-order chi connectivity index (χ1) is 11.6. The van der Waals surface area contributed by atoms with Crippen LogP contribution >= 0.6 is 0 Å². The predicted octanol–water partition coefficient (Wildman–Crippen LogP) is 2.00. The van der Waals surface area contributed by atoms with Crippen molar-refractivity contribution in [2.75, 3.05) is 6.54 Å². The van der Waals surface area contributed by atoms with Crippen LogP contribution in [0.3, 0.4) is 0 Å². The molecule has 0 radical (unpaired) electrons. The molecule has 2 heterocycles. The number of fused-ring (bicyclic) bond motifs is 1.